The van der Waals surface area contributed by atoms with Gasteiger partial charge in [0.1, 0.15) is 5.75 Å². The van der Waals surface area contributed by atoms with Crippen molar-refractivity contribution in [2.45, 2.75) is 58.0 Å². The second-order valence-electron chi connectivity index (χ2n) is 5.80. The Bertz CT molecular complexity index is 373. The standard InChI is InChI=1S/C17H27NO/c1-4-14-6-5-7-16(12-14)18-13(2)15-8-10-17(19-3)11-9-15/h8-11,13-14,16,18H,4-7,12H2,1-3H3/t13-,14?,16?/m1/s1. The van der Waals surface area contributed by atoms with Crippen LogP contribution in [0.15, 0.2) is 24.3 Å². The van der Waals surface area contributed by atoms with Crippen LogP contribution in [-0.2, 0) is 0 Å². The normalized spacial score (nSPS) is 25.0. The minimum Gasteiger partial charge on any atom is -0.497 e. The summed E-state index contributed by atoms with van der Waals surface area (Å²) in [6.45, 7) is 4.58. The Morgan fingerprint density at radius 3 is 2.63 bits per heavy atom. The molecule has 0 bridgehead atoms. The Balaban J connectivity index is 1.90. The summed E-state index contributed by atoms with van der Waals surface area (Å²) in [5.41, 5.74) is 1.35. The predicted molar refractivity (Wildman–Crippen MR) is 80.6 cm³/mol. The lowest BCUT2D eigenvalue weighted by Crippen LogP contribution is -2.35. The third kappa shape index (κ3) is 3.97. The van der Waals surface area contributed by atoms with E-state index in [0.717, 1.165) is 11.7 Å². The zero-order chi connectivity index (χ0) is 13.7. The van der Waals surface area contributed by atoms with Crippen LogP contribution in [0.25, 0.3) is 0 Å². The molecule has 1 aliphatic carbocycles. The Morgan fingerprint density at radius 1 is 1.26 bits per heavy atom. The van der Waals surface area contributed by atoms with Crippen LogP contribution >= 0.6 is 0 Å². The van der Waals surface area contributed by atoms with Gasteiger partial charge in [0, 0.05) is 12.1 Å². The molecule has 2 nitrogen and oxygen atoms in total. The van der Waals surface area contributed by atoms with Gasteiger partial charge in [-0.3, -0.25) is 0 Å². The summed E-state index contributed by atoms with van der Waals surface area (Å²) < 4.78 is 5.21. The molecule has 1 aromatic carbocycles. The molecule has 1 fully saturated rings. The Hall–Kier alpha value is -1.02. The van der Waals surface area contributed by atoms with E-state index in [0.29, 0.717) is 12.1 Å². The zero-order valence-corrected chi connectivity index (χ0v) is 12.5. The number of hydrogen-bond donors (Lipinski definition) is 1. The lowest BCUT2D eigenvalue weighted by molar-refractivity contribution is 0.266. The van der Waals surface area contributed by atoms with E-state index in [1.165, 1.54) is 37.7 Å². The Kier molecular flexibility index (Phi) is 5.26. The van der Waals surface area contributed by atoms with Gasteiger partial charge in [-0.05, 0) is 43.4 Å². The molecule has 1 aromatic rings. The highest BCUT2D eigenvalue weighted by molar-refractivity contribution is 5.28. The molecule has 2 rings (SSSR count). The van der Waals surface area contributed by atoms with Crippen LogP contribution < -0.4 is 10.1 Å². The van der Waals surface area contributed by atoms with Gasteiger partial charge < -0.3 is 10.1 Å². The molecule has 2 heteroatoms. The van der Waals surface area contributed by atoms with Crippen molar-refractivity contribution in [2.24, 2.45) is 5.92 Å². The number of rotatable bonds is 5. The van der Waals surface area contributed by atoms with Crippen LogP contribution in [0, 0.1) is 5.92 Å². The molecule has 1 N–H and O–H groups in total. The van der Waals surface area contributed by atoms with Crippen molar-refractivity contribution in [1.82, 2.24) is 5.32 Å². The molecule has 0 aromatic heterocycles. The van der Waals surface area contributed by atoms with E-state index in [-0.39, 0.29) is 0 Å². The van der Waals surface area contributed by atoms with Gasteiger partial charge in [-0.1, -0.05) is 38.3 Å². The first kappa shape index (κ1) is 14.4. The van der Waals surface area contributed by atoms with Crippen molar-refractivity contribution in [3.05, 3.63) is 29.8 Å². The van der Waals surface area contributed by atoms with Crippen molar-refractivity contribution >= 4 is 0 Å². The fourth-order valence-electron chi connectivity index (χ4n) is 3.16. The van der Waals surface area contributed by atoms with E-state index in [2.05, 4.69) is 31.3 Å². The smallest absolute Gasteiger partial charge is 0.118 e. The molecule has 0 amide bonds. The van der Waals surface area contributed by atoms with Crippen molar-refractivity contribution in [2.75, 3.05) is 7.11 Å². The van der Waals surface area contributed by atoms with Crippen molar-refractivity contribution < 1.29 is 4.74 Å². The lowest BCUT2D eigenvalue weighted by atomic mass is 9.84. The summed E-state index contributed by atoms with van der Waals surface area (Å²) >= 11 is 0. The first-order valence-corrected chi connectivity index (χ1v) is 7.63. The minimum absolute atomic E-state index is 0.423. The number of ether oxygens (including phenoxy) is 1. The van der Waals surface area contributed by atoms with Crippen LogP contribution in [0.3, 0.4) is 0 Å². The van der Waals surface area contributed by atoms with Crippen LogP contribution in [0.4, 0.5) is 0 Å². The van der Waals surface area contributed by atoms with E-state index in [1.54, 1.807) is 7.11 Å². The topological polar surface area (TPSA) is 21.3 Å². The minimum atomic E-state index is 0.423. The molecule has 1 saturated carbocycles. The molecule has 106 valence electrons. The fourth-order valence-corrected chi connectivity index (χ4v) is 3.16. The number of nitrogens with one attached hydrogen (secondary N) is 1. The summed E-state index contributed by atoms with van der Waals surface area (Å²) in [4.78, 5) is 0. The summed E-state index contributed by atoms with van der Waals surface area (Å²) in [6.07, 6.45) is 6.81. The summed E-state index contributed by atoms with van der Waals surface area (Å²) in [6, 6.07) is 9.53. The molecule has 2 unspecified atom stereocenters. The molecule has 0 aliphatic heterocycles. The van der Waals surface area contributed by atoms with Gasteiger partial charge >= 0.3 is 0 Å². The van der Waals surface area contributed by atoms with Crippen LogP contribution in [0.5, 0.6) is 5.75 Å². The fraction of sp³-hybridized carbons (Fsp3) is 0.647. The first-order valence-electron chi connectivity index (χ1n) is 7.63. The second-order valence-corrected chi connectivity index (χ2v) is 5.80. The van der Waals surface area contributed by atoms with Crippen molar-refractivity contribution in [3.8, 4) is 5.75 Å². The first-order chi connectivity index (χ1) is 9.22. The Labute approximate surface area is 117 Å². The monoisotopic (exact) mass is 261 g/mol. The SMILES string of the molecule is CCC1CCCC(N[C@H](C)c2ccc(OC)cc2)C1. The van der Waals surface area contributed by atoms with E-state index in [9.17, 15) is 0 Å². The third-order valence-electron chi connectivity index (χ3n) is 4.46. The third-order valence-corrected chi connectivity index (χ3v) is 4.46. The molecule has 19 heavy (non-hydrogen) atoms. The summed E-state index contributed by atoms with van der Waals surface area (Å²) in [5.74, 6) is 1.86. The van der Waals surface area contributed by atoms with Gasteiger partial charge in [0.15, 0.2) is 0 Å². The Morgan fingerprint density at radius 2 is 2.00 bits per heavy atom. The average molecular weight is 261 g/mol. The number of hydrogen-bond acceptors (Lipinski definition) is 2. The summed E-state index contributed by atoms with van der Waals surface area (Å²) in [7, 11) is 1.71. The quantitative estimate of drug-likeness (QED) is 0.852. The van der Waals surface area contributed by atoms with Crippen molar-refractivity contribution in [3.63, 3.8) is 0 Å². The van der Waals surface area contributed by atoms with Gasteiger partial charge in [0.05, 0.1) is 7.11 Å². The molecule has 3 atom stereocenters. The maximum Gasteiger partial charge on any atom is 0.118 e. The molecular weight excluding hydrogens is 234 g/mol. The van der Waals surface area contributed by atoms with Gasteiger partial charge in [0.25, 0.3) is 0 Å². The van der Waals surface area contributed by atoms with Crippen LogP contribution in [-0.4, -0.2) is 13.2 Å². The number of benzene rings is 1. The molecule has 0 saturated heterocycles. The maximum atomic E-state index is 5.21. The zero-order valence-electron chi connectivity index (χ0n) is 12.5. The highest BCUT2D eigenvalue weighted by atomic mass is 16.5. The molecule has 1 aliphatic rings. The highest BCUT2D eigenvalue weighted by Gasteiger charge is 2.22. The molecular formula is C17H27NO. The highest BCUT2D eigenvalue weighted by Crippen LogP contribution is 2.28. The van der Waals surface area contributed by atoms with Crippen LogP contribution in [0.1, 0.15) is 57.6 Å². The van der Waals surface area contributed by atoms with Gasteiger partial charge in [-0.15, -0.1) is 0 Å². The van der Waals surface area contributed by atoms with Crippen LogP contribution in [0.2, 0.25) is 0 Å². The largest absolute Gasteiger partial charge is 0.497 e. The summed E-state index contributed by atoms with van der Waals surface area (Å²) in [5, 5.41) is 3.80. The molecule has 0 radical (unpaired) electrons. The number of methoxy groups -OCH3 is 1. The average Bonchev–Trinajstić information content (AvgIpc) is 2.47. The second kappa shape index (κ2) is 6.95. The van der Waals surface area contributed by atoms with Gasteiger partial charge in [-0.2, -0.15) is 0 Å². The van der Waals surface area contributed by atoms with Crippen molar-refractivity contribution in [1.29, 1.82) is 0 Å². The molecule has 0 heterocycles. The molecule has 0 spiro atoms. The van der Waals surface area contributed by atoms with E-state index in [4.69, 9.17) is 4.74 Å². The van der Waals surface area contributed by atoms with E-state index >= 15 is 0 Å². The predicted octanol–water partition coefficient (Wildman–Crippen LogP) is 4.31. The van der Waals surface area contributed by atoms with Gasteiger partial charge in [-0.25, -0.2) is 0 Å². The lowest BCUT2D eigenvalue weighted by Gasteiger charge is -2.31. The van der Waals surface area contributed by atoms with E-state index in [1.807, 2.05) is 12.1 Å². The van der Waals surface area contributed by atoms with E-state index < -0.39 is 0 Å². The van der Waals surface area contributed by atoms with Gasteiger partial charge in [0.2, 0.25) is 0 Å². The maximum absolute atomic E-state index is 5.21.